The third kappa shape index (κ3) is 1.79. The highest BCUT2D eigenvalue weighted by molar-refractivity contribution is 5.97. The van der Waals surface area contributed by atoms with Crippen LogP contribution in [0.3, 0.4) is 0 Å². The number of nitrogens with two attached hydrogens (primary N) is 1. The van der Waals surface area contributed by atoms with Crippen molar-refractivity contribution in [3.8, 4) is 0 Å². The van der Waals surface area contributed by atoms with Crippen LogP contribution in [0, 0.1) is 0 Å². The Labute approximate surface area is 93.6 Å². The van der Waals surface area contributed by atoms with Gasteiger partial charge in [-0.2, -0.15) is 0 Å². The number of methoxy groups -OCH3 is 1. The summed E-state index contributed by atoms with van der Waals surface area (Å²) in [6, 6.07) is 9.63. The van der Waals surface area contributed by atoms with Crippen LogP contribution in [0.5, 0.6) is 0 Å². The first-order chi connectivity index (χ1) is 7.74. The second kappa shape index (κ2) is 4.37. The van der Waals surface area contributed by atoms with Crippen molar-refractivity contribution in [2.45, 2.75) is 6.54 Å². The molecule has 0 fully saturated rings. The maximum atomic E-state index is 11.3. The number of carbonyl (C=O) groups excluding carboxylic acids is 1. The van der Waals surface area contributed by atoms with Gasteiger partial charge >= 0.3 is 0 Å². The zero-order valence-corrected chi connectivity index (χ0v) is 9.14. The average molecular weight is 218 g/mol. The van der Waals surface area contributed by atoms with Crippen LogP contribution in [0.15, 0.2) is 30.3 Å². The molecule has 2 N–H and O–H groups in total. The summed E-state index contributed by atoms with van der Waals surface area (Å²) in [5.74, 6) is -0.410. The number of carbonyl (C=O) groups is 1. The third-order valence-corrected chi connectivity index (χ3v) is 2.58. The lowest BCUT2D eigenvalue weighted by Gasteiger charge is -2.07. The lowest BCUT2D eigenvalue weighted by Crippen LogP contribution is -2.18. The summed E-state index contributed by atoms with van der Waals surface area (Å²) >= 11 is 0. The van der Waals surface area contributed by atoms with E-state index in [2.05, 4.69) is 0 Å². The van der Waals surface area contributed by atoms with Crippen LogP contribution < -0.4 is 5.73 Å². The van der Waals surface area contributed by atoms with Crippen molar-refractivity contribution < 1.29 is 9.53 Å². The highest BCUT2D eigenvalue weighted by atomic mass is 16.5. The number of rotatable bonds is 4. The van der Waals surface area contributed by atoms with E-state index in [4.69, 9.17) is 10.5 Å². The van der Waals surface area contributed by atoms with Gasteiger partial charge < -0.3 is 15.0 Å². The van der Waals surface area contributed by atoms with Crippen molar-refractivity contribution in [2.24, 2.45) is 5.73 Å². The number of amides is 1. The molecule has 16 heavy (non-hydrogen) atoms. The lowest BCUT2D eigenvalue weighted by molar-refractivity contribution is 0.0989. The zero-order valence-electron chi connectivity index (χ0n) is 9.14. The molecule has 0 unspecified atom stereocenters. The van der Waals surface area contributed by atoms with E-state index >= 15 is 0 Å². The summed E-state index contributed by atoms with van der Waals surface area (Å²) in [6.45, 7) is 1.18. The Morgan fingerprint density at radius 3 is 2.88 bits per heavy atom. The Morgan fingerprint density at radius 1 is 1.44 bits per heavy atom. The second-order valence-electron chi connectivity index (χ2n) is 3.60. The third-order valence-electron chi connectivity index (χ3n) is 2.58. The van der Waals surface area contributed by atoms with Crippen molar-refractivity contribution in [3.63, 3.8) is 0 Å². The molecular weight excluding hydrogens is 204 g/mol. The van der Waals surface area contributed by atoms with Crippen LogP contribution in [-0.2, 0) is 11.3 Å². The number of para-hydroxylation sites is 1. The van der Waals surface area contributed by atoms with Crippen molar-refractivity contribution in [3.05, 3.63) is 36.0 Å². The summed E-state index contributed by atoms with van der Waals surface area (Å²) in [5.41, 5.74) is 6.88. The molecule has 0 aliphatic carbocycles. The van der Waals surface area contributed by atoms with Gasteiger partial charge in [0.1, 0.15) is 5.69 Å². The predicted molar refractivity (Wildman–Crippen MR) is 62.3 cm³/mol. The molecule has 4 heteroatoms. The van der Waals surface area contributed by atoms with E-state index in [9.17, 15) is 4.79 Å². The first-order valence-corrected chi connectivity index (χ1v) is 5.11. The average Bonchev–Trinajstić information content (AvgIpc) is 2.65. The molecule has 0 aliphatic rings. The van der Waals surface area contributed by atoms with E-state index in [0.29, 0.717) is 18.8 Å². The molecular formula is C12H14N2O2. The molecule has 1 amide bonds. The second-order valence-corrected chi connectivity index (χ2v) is 3.60. The fraction of sp³-hybridized carbons (Fsp3) is 0.250. The van der Waals surface area contributed by atoms with E-state index in [0.717, 1.165) is 10.9 Å². The number of nitrogens with zero attached hydrogens (tertiary/aromatic N) is 1. The molecule has 1 aromatic carbocycles. The minimum absolute atomic E-state index is 0.410. The number of hydrogen-bond donors (Lipinski definition) is 1. The summed E-state index contributed by atoms with van der Waals surface area (Å²) < 4.78 is 6.92. The Hall–Kier alpha value is -1.81. The van der Waals surface area contributed by atoms with Gasteiger partial charge in [-0.25, -0.2) is 0 Å². The van der Waals surface area contributed by atoms with Crippen LogP contribution in [0.2, 0.25) is 0 Å². The summed E-state index contributed by atoms with van der Waals surface area (Å²) in [5, 5.41) is 1.02. The lowest BCUT2D eigenvalue weighted by atomic mass is 10.2. The molecule has 0 atom stereocenters. The van der Waals surface area contributed by atoms with Crippen LogP contribution in [0.1, 0.15) is 10.5 Å². The number of hydrogen-bond acceptors (Lipinski definition) is 2. The number of aromatic nitrogens is 1. The van der Waals surface area contributed by atoms with Gasteiger partial charge in [0.2, 0.25) is 0 Å². The van der Waals surface area contributed by atoms with Crippen LogP contribution in [0.4, 0.5) is 0 Å². The fourth-order valence-corrected chi connectivity index (χ4v) is 1.84. The van der Waals surface area contributed by atoms with Crippen LogP contribution in [0.25, 0.3) is 10.9 Å². The highest BCUT2D eigenvalue weighted by Crippen LogP contribution is 2.19. The molecule has 0 saturated heterocycles. The fourth-order valence-electron chi connectivity index (χ4n) is 1.84. The normalized spacial score (nSPS) is 10.8. The maximum absolute atomic E-state index is 11.3. The van der Waals surface area contributed by atoms with Gasteiger partial charge in [0.05, 0.1) is 6.61 Å². The zero-order chi connectivity index (χ0) is 11.5. The molecule has 2 rings (SSSR count). The van der Waals surface area contributed by atoms with Gasteiger partial charge in [0.25, 0.3) is 5.91 Å². The molecule has 0 saturated carbocycles. The van der Waals surface area contributed by atoms with E-state index in [1.165, 1.54) is 0 Å². The quantitative estimate of drug-likeness (QED) is 0.843. The smallest absolute Gasteiger partial charge is 0.265 e. The van der Waals surface area contributed by atoms with Gasteiger partial charge in [-0.15, -0.1) is 0 Å². The number of benzene rings is 1. The molecule has 0 radical (unpaired) electrons. The Kier molecular flexibility index (Phi) is 2.92. The van der Waals surface area contributed by atoms with Gasteiger partial charge in [-0.1, -0.05) is 18.2 Å². The number of ether oxygens (including phenoxy) is 1. The topological polar surface area (TPSA) is 57.2 Å². The van der Waals surface area contributed by atoms with E-state index in [1.54, 1.807) is 7.11 Å². The van der Waals surface area contributed by atoms with E-state index in [-0.39, 0.29) is 0 Å². The highest BCUT2D eigenvalue weighted by Gasteiger charge is 2.11. The van der Waals surface area contributed by atoms with Crippen molar-refractivity contribution >= 4 is 16.8 Å². The van der Waals surface area contributed by atoms with Crippen molar-refractivity contribution in [1.82, 2.24) is 4.57 Å². The molecule has 1 aromatic heterocycles. The number of primary amides is 1. The first-order valence-electron chi connectivity index (χ1n) is 5.11. The molecule has 0 bridgehead atoms. The molecule has 2 aromatic rings. The minimum atomic E-state index is -0.410. The largest absolute Gasteiger partial charge is 0.383 e. The summed E-state index contributed by atoms with van der Waals surface area (Å²) in [4.78, 5) is 11.3. The van der Waals surface area contributed by atoms with Crippen molar-refractivity contribution in [1.29, 1.82) is 0 Å². The standard InChI is InChI=1S/C12H14N2O2/c1-16-7-6-14-10-5-3-2-4-9(10)8-11(14)12(13)15/h2-5,8H,6-7H2,1H3,(H2,13,15). The van der Waals surface area contributed by atoms with E-state index in [1.807, 2.05) is 34.9 Å². The Balaban J connectivity index is 2.55. The maximum Gasteiger partial charge on any atom is 0.265 e. The summed E-state index contributed by atoms with van der Waals surface area (Å²) in [6.07, 6.45) is 0. The molecule has 0 spiro atoms. The minimum Gasteiger partial charge on any atom is -0.383 e. The van der Waals surface area contributed by atoms with Gasteiger partial charge in [0, 0.05) is 24.6 Å². The molecule has 0 aliphatic heterocycles. The molecule has 84 valence electrons. The monoisotopic (exact) mass is 218 g/mol. The Bertz CT molecular complexity index is 517. The van der Waals surface area contributed by atoms with Gasteiger partial charge in [0.15, 0.2) is 0 Å². The van der Waals surface area contributed by atoms with Crippen LogP contribution >= 0.6 is 0 Å². The van der Waals surface area contributed by atoms with Crippen LogP contribution in [-0.4, -0.2) is 24.2 Å². The SMILES string of the molecule is COCCn1c(C(N)=O)cc2ccccc21. The van der Waals surface area contributed by atoms with Gasteiger partial charge in [-0.05, 0) is 12.1 Å². The molecule has 4 nitrogen and oxygen atoms in total. The Morgan fingerprint density at radius 2 is 2.19 bits per heavy atom. The predicted octanol–water partition coefficient (Wildman–Crippen LogP) is 1.39. The van der Waals surface area contributed by atoms with E-state index < -0.39 is 5.91 Å². The molecule has 1 heterocycles. The van der Waals surface area contributed by atoms with Gasteiger partial charge in [-0.3, -0.25) is 4.79 Å². The number of fused-ring (bicyclic) bond motifs is 1. The summed E-state index contributed by atoms with van der Waals surface area (Å²) in [7, 11) is 1.63. The van der Waals surface area contributed by atoms with Crippen molar-refractivity contribution in [2.75, 3.05) is 13.7 Å². The first kappa shape index (κ1) is 10.7.